The Morgan fingerprint density at radius 2 is 2.33 bits per heavy atom. The molecule has 0 unspecified atom stereocenters. The molecule has 0 radical (unpaired) electrons. The third-order valence-electron chi connectivity index (χ3n) is 2.25. The molecule has 0 fully saturated rings. The zero-order valence-electron chi connectivity index (χ0n) is 9.61. The normalized spacial score (nSPS) is 10.3. The molecule has 0 saturated carbocycles. The molecule has 7 heteroatoms. The SMILES string of the molecule is Cc1noc(CNc2ccc(Cl)cc2C(N)=S)n1. The van der Waals surface area contributed by atoms with E-state index in [2.05, 4.69) is 15.5 Å². The van der Waals surface area contributed by atoms with Crippen molar-refractivity contribution in [3.05, 3.63) is 40.5 Å². The Kier molecular flexibility index (Phi) is 3.78. The average Bonchev–Trinajstić information content (AvgIpc) is 2.73. The highest BCUT2D eigenvalue weighted by molar-refractivity contribution is 7.80. The van der Waals surface area contributed by atoms with Crippen LogP contribution in [0.25, 0.3) is 0 Å². The summed E-state index contributed by atoms with van der Waals surface area (Å²) in [6.07, 6.45) is 0. The van der Waals surface area contributed by atoms with Crippen LogP contribution >= 0.6 is 23.8 Å². The van der Waals surface area contributed by atoms with Crippen LogP contribution in [-0.4, -0.2) is 15.1 Å². The van der Waals surface area contributed by atoms with E-state index in [0.717, 1.165) is 5.69 Å². The monoisotopic (exact) mass is 282 g/mol. The Morgan fingerprint density at radius 1 is 1.56 bits per heavy atom. The lowest BCUT2D eigenvalue weighted by atomic mass is 10.2. The molecule has 5 nitrogen and oxygen atoms in total. The Balaban J connectivity index is 2.16. The van der Waals surface area contributed by atoms with E-state index in [1.54, 1.807) is 25.1 Å². The molecule has 2 rings (SSSR count). The minimum Gasteiger partial charge on any atom is -0.389 e. The number of hydrogen-bond donors (Lipinski definition) is 2. The van der Waals surface area contributed by atoms with Crippen LogP contribution in [-0.2, 0) is 6.54 Å². The second-order valence-corrected chi connectivity index (χ2v) is 4.52. The van der Waals surface area contributed by atoms with Crippen molar-refractivity contribution in [2.24, 2.45) is 5.73 Å². The molecule has 0 saturated heterocycles. The van der Waals surface area contributed by atoms with Crippen LogP contribution in [0, 0.1) is 6.92 Å². The number of hydrogen-bond acceptors (Lipinski definition) is 5. The van der Waals surface area contributed by atoms with Gasteiger partial charge in [0.25, 0.3) is 0 Å². The summed E-state index contributed by atoms with van der Waals surface area (Å²) in [7, 11) is 0. The first-order valence-electron chi connectivity index (χ1n) is 5.18. The predicted molar refractivity (Wildman–Crippen MR) is 73.7 cm³/mol. The van der Waals surface area contributed by atoms with E-state index >= 15 is 0 Å². The molecule has 0 aliphatic carbocycles. The fourth-order valence-corrected chi connectivity index (χ4v) is 1.80. The first kappa shape index (κ1) is 12.8. The molecule has 0 amide bonds. The molecule has 1 aromatic carbocycles. The highest BCUT2D eigenvalue weighted by atomic mass is 35.5. The van der Waals surface area contributed by atoms with Gasteiger partial charge in [-0.05, 0) is 25.1 Å². The van der Waals surface area contributed by atoms with E-state index < -0.39 is 0 Å². The van der Waals surface area contributed by atoms with Gasteiger partial charge in [-0.15, -0.1) is 0 Å². The summed E-state index contributed by atoms with van der Waals surface area (Å²) in [5, 5.41) is 7.41. The summed E-state index contributed by atoms with van der Waals surface area (Å²) in [5.41, 5.74) is 7.11. The van der Waals surface area contributed by atoms with Gasteiger partial charge in [0, 0.05) is 16.3 Å². The van der Waals surface area contributed by atoms with Crippen LogP contribution in [0.2, 0.25) is 5.02 Å². The van der Waals surface area contributed by atoms with E-state index in [4.69, 9.17) is 34.1 Å². The van der Waals surface area contributed by atoms with Crippen molar-refractivity contribution in [2.45, 2.75) is 13.5 Å². The highest BCUT2D eigenvalue weighted by Gasteiger charge is 2.08. The second kappa shape index (κ2) is 5.32. The summed E-state index contributed by atoms with van der Waals surface area (Å²) >= 11 is 10.9. The van der Waals surface area contributed by atoms with Gasteiger partial charge in [-0.1, -0.05) is 29.0 Å². The van der Waals surface area contributed by atoms with Crippen molar-refractivity contribution < 1.29 is 4.52 Å². The fraction of sp³-hybridized carbons (Fsp3) is 0.182. The number of benzene rings is 1. The van der Waals surface area contributed by atoms with Crippen molar-refractivity contribution in [1.29, 1.82) is 0 Å². The van der Waals surface area contributed by atoms with Gasteiger partial charge in [-0.25, -0.2) is 0 Å². The van der Waals surface area contributed by atoms with Crippen molar-refractivity contribution >= 4 is 34.5 Å². The Labute approximate surface area is 114 Å². The molecule has 3 N–H and O–H groups in total. The molecule has 0 spiro atoms. The topological polar surface area (TPSA) is 77.0 Å². The lowest BCUT2D eigenvalue weighted by Gasteiger charge is -2.09. The fourth-order valence-electron chi connectivity index (χ4n) is 1.46. The molecular weight excluding hydrogens is 272 g/mol. The minimum atomic E-state index is 0.279. The number of aromatic nitrogens is 2. The second-order valence-electron chi connectivity index (χ2n) is 3.64. The maximum absolute atomic E-state index is 5.90. The summed E-state index contributed by atoms with van der Waals surface area (Å²) < 4.78 is 5.00. The smallest absolute Gasteiger partial charge is 0.245 e. The maximum atomic E-state index is 5.90. The lowest BCUT2D eigenvalue weighted by Crippen LogP contribution is -2.13. The number of nitrogens with two attached hydrogens (primary N) is 1. The number of anilines is 1. The van der Waals surface area contributed by atoms with Crippen molar-refractivity contribution in [3.8, 4) is 0 Å². The summed E-state index contributed by atoms with van der Waals surface area (Å²) in [6, 6.07) is 5.27. The van der Waals surface area contributed by atoms with E-state index in [1.807, 2.05) is 0 Å². The number of halogens is 1. The zero-order valence-corrected chi connectivity index (χ0v) is 11.2. The molecule has 0 bridgehead atoms. The standard InChI is InChI=1S/C11H11ClN4OS/c1-6-15-10(17-16-6)5-14-9-3-2-7(12)4-8(9)11(13)18/h2-4,14H,5H2,1H3,(H2,13,18). The molecule has 0 atom stereocenters. The van der Waals surface area contributed by atoms with Crippen molar-refractivity contribution in [1.82, 2.24) is 10.1 Å². The molecule has 2 aromatic rings. The van der Waals surface area contributed by atoms with Gasteiger partial charge >= 0.3 is 0 Å². The number of aryl methyl sites for hydroxylation is 1. The molecule has 18 heavy (non-hydrogen) atoms. The van der Waals surface area contributed by atoms with E-state index in [1.165, 1.54) is 0 Å². The van der Waals surface area contributed by atoms with Crippen molar-refractivity contribution in [3.63, 3.8) is 0 Å². The first-order chi connectivity index (χ1) is 8.56. The summed E-state index contributed by atoms with van der Waals surface area (Å²) in [4.78, 5) is 4.37. The number of rotatable bonds is 4. The molecular formula is C11H11ClN4OS. The Hall–Kier alpha value is -1.66. The number of nitrogens with one attached hydrogen (secondary N) is 1. The van der Waals surface area contributed by atoms with Crippen LogP contribution in [0.15, 0.2) is 22.7 Å². The lowest BCUT2D eigenvalue weighted by molar-refractivity contribution is 0.379. The maximum Gasteiger partial charge on any atom is 0.245 e. The summed E-state index contributed by atoms with van der Waals surface area (Å²) in [5.74, 6) is 1.09. The van der Waals surface area contributed by atoms with Gasteiger partial charge in [-0.2, -0.15) is 4.98 Å². The van der Waals surface area contributed by atoms with Crippen molar-refractivity contribution in [2.75, 3.05) is 5.32 Å². The Morgan fingerprint density at radius 3 is 2.94 bits per heavy atom. The number of thiocarbonyl (C=S) groups is 1. The van der Waals surface area contributed by atoms with Crippen LogP contribution in [0.3, 0.4) is 0 Å². The molecule has 1 heterocycles. The molecule has 0 aliphatic rings. The molecule has 94 valence electrons. The van der Waals surface area contributed by atoms with Gasteiger partial charge in [0.2, 0.25) is 5.89 Å². The predicted octanol–water partition coefficient (Wildman–Crippen LogP) is 2.28. The first-order valence-corrected chi connectivity index (χ1v) is 5.97. The van der Waals surface area contributed by atoms with Crippen LogP contribution in [0.4, 0.5) is 5.69 Å². The zero-order chi connectivity index (χ0) is 13.1. The van der Waals surface area contributed by atoms with E-state index in [0.29, 0.717) is 28.8 Å². The quantitative estimate of drug-likeness (QED) is 0.838. The minimum absolute atomic E-state index is 0.279. The van der Waals surface area contributed by atoms with Gasteiger partial charge in [-0.3, -0.25) is 0 Å². The largest absolute Gasteiger partial charge is 0.389 e. The molecule has 0 aliphatic heterocycles. The van der Waals surface area contributed by atoms with Gasteiger partial charge < -0.3 is 15.6 Å². The summed E-state index contributed by atoms with van der Waals surface area (Å²) in [6.45, 7) is 2.16. The van der Waals surface area contributed by atoms with Crippen LogP contribution in [0.1, 0.15) is 17.3 Å². The molecule has 1 aromatic heterocycles. The average molecular weight is 283 g/mol. The van der Waals surface area contributed by atoms with E-state index in [-0.39, 0.29) is 4.99 Å². The van der Waals surface area contributed by atoms with Gasteiger partial charge in [0.1, 0.15) is 4.99 Å². The van der Waals surface area contributed by atoms with Crippen LogP contribution in [0.5, 0.6) is 0 Å². The Bertz CT molecular complexity index is 584. The highest BCUT2D eigenvalue weighted by Crippen LogP contribution is 2.21. The van der Waals surface area contributed by atoms with Crippen LogP contribution < -0.4 is 11.1 Å². The van der Waals surface area contributed by atoms with E-state index in [9.17, 15) is 0 Å². The van der Waals surface area contributed by atoms with Gasteiger partial charge in [0.05, 0.1) is 6.54 Å². The third kappa shape index (κ3) is 2.96. The van der Waals surface area contributed by atoms with Gasteiger partial charge in [0.15, 0.2) is 5.82 Å². The third-order valence-corrected chi connectivity index (χ3v) is 2.70. The number of nitrogens with zero attached hydrogens (tertiary/aromatic N) is 2.